The van der Waals surface area contributed by atoms with Crippen LogP contribution in [0.4, 0.5) is 11.4 Å². The van der Waals surface area contributed by atoms with Gasteiger partial charge in [-0.25, -0.2) is 0 Å². The summed E-state index contributed by atoms with van der Waals surface area (Å²) in [6.45, 7) is 2.16. The van der Waals surface area contributed by atoms with E-state index in [1.807, 2.05) is 30.3 Å². The highest BCUT2D eigenvalue weighted by atomic mass is 16.5. The van der Waals surface area contributed by atoms with Gasteiger partial charge in [0.1, 0.15) is 17.4 Å². The van der Waals surface area contributed by atoms with Crippen molar-refractivity contribution in [1.82, 2.24) is 0 Å². The van der Waals surface area contributed by atoms with Crippen molar-refractivity contribution in [2.75, 3.05) is 30.4 Å². The Hall–Kier alpha value is -3.26. The van der Waals surface area contributed by atoms with Crippen molar-refractivity contribution in [3.05, 3.63) is 59.7 Å². The zero-order valence-electron chi connectivity index (χ0n) is 15.4. The minimum absolute atomic E-state index is 0.0558. The van der Waals surface area contributed by atoms with E-state index >= 15 is 0 Å². The summed E-state index contributed by atoms with van der Waals surface area (Å²) in [4.78, 5) is 14.8. The van der Waals surface area contributed by atoms with Gasteiger partial charge >= 0.3 is 0 Å². The summed E-state index contributed by atoms with van der Waals surface area (Å²) in [6.07, 6.45) is 5.30. The number of amides is 1. The first kappa shape index (κ1) is 18.5. The Labute approximate surface area is 159 Å². The molecule has 1 heterocycles. The van der Waals surface area contributed by atoms with E-state index in [9.17, 15) is 10.1 Å². The van der Waals surface area contributed by atoms with Gasteiger partial charge in [-0.3, -0.25) is 4.79 Å². The molecule has 0 radical (unpaired) electrons. The maximum atomic E-state index is 12.4. The number of hydrogen-bond acceptors (Lipinski definition) is 4. The number of nitrogens with zero attached hydrogens (tertiary/aromatic N) is 2. The van der Waals surface area contributed by atoms with Crippen molar-refractivity contribution in [2.45, 2.75) is 19.3 Å². The molecule has 27 heavy (non-hydrogen) atoms. The second kappa shape index (κ2) is 8.91. The average molecular weight is 361 g/mol. The zero-order chi connectivity index (χ0) is 19.1. The Bertz CT molecular complexity index is 843. The fourth-order valence-electron chi connectivity index (χ4n) is 3.12. The first-order chi connectivity index (χ1) is 13.2. The third-order valence-electron chi connectivity index (χ3n) is 4.64. The standard InChI is InChI=1S/C22H23N3O2/c1-27-21-11-5-17(6-12-21)15-18(16-23)22(26)24-19-7-9-20(10-8-19)25-13-3-2-4-14-25/h5-12,15H,2-4,13-14H2,1H3,(H,24,26). The summed E-state index contributed by atoms with van der Waals surface area (Å²) in [5.41, 5.74) is 2.67. The maximum Gasteiger partial charge on any atom is 0.266 e. The van der Waals surface area contributed by atoms with E-state index in [2.05, 4.69) is 10.2 Å². The van der Waals surface area contributed by atoms with Gasteiger partial charge in [0, 0.05) is 24.5 Å². The molecule has 1 amide bonds. The molecule has 0 unspecified atom stereocenters. The summed E-state index contributed by atoms with van der Waals surface area (Å²) >= 11 is 0. The predicted octanol–water partition coefficient (Wildman–Crippen LogP) is 4.23. The third-order valence-corrected chi connectivity index (χ3v) is 4.64. The van der Waals surface area contributed by atoms with Crippen molar-refractivity contribution in [1.29, 1.82) is 5.26 Å². The molecule has 0 atom stereocenters. The second-order valence-corrected chi connectivity index (χ2v) is 6.49. The molecule has 1 N–H and O–H groups in total. The Morgan fingerprint density at radius 1 is 1.07 bits per heavy atom. The van der Waals surface area contributed by atoms with Gasteiger partial charge in [-0.1, -0.05) is 12.1 Å². The largest absolute Gasteiger partial charge is 0.497 e. The van der Waals surface area contributed by atoms with E-state index in [0.29, 0.717) is 5.69 Å². The Morgan fingerprint density at radius 3 is 2.33 bits per heavy atom. The molecule has 0 aromatic heterocycles. The van der Waals surface area contributed by atoms with Crippen LogP contribution in [0.1, 0.15) is 24.8 Å². The molecular weight excluding hydrogens is 338 g/mol. The number of anilines is 2. The van der Waals surface area contributed by atoms with Crippen LogP contribution in [0.15, 0.2) is 54.1 Å². The lowest BCUT2D eigenvalue weighted by molar-refractivity contribution is -0.112. The molecule has 0 aliphatic carbocycles. The number of nitriles is 1. The molecule has 1 fully saturated rings. The quantitative estimate of drug-likeness (QED) is 0.639. The number of nitrogens with one attached hydrogen (secondary N) is 1. The Kier molecular flexibility index (Phi) is 6.11. The average Bonchev–Trinajstić information content (AvgIpc) is 2.73. The second-order valence-electron chi connectivity index (χ2n) is 6.49. The number of rotatable bonds is 5. The van der Waals surface area contributed by atoms with Crippen LogP contribution in [0.3, 0.4) is 0 Å². The summed E-state index contributed by atoms with van der Waals surface area (Å²) in [5, 5.41) is 12.1. The number of hydrogen-bond donors (Lipinski definition) is 1. The monoisotopic (exact) mass is 361 g/mol. The predicted molar refractivity (Wildman–Crippen MR) is 108 cm³/mol. The van der Waals surface area contributed by atoms with Crippen molar-refractivity contribution in [3.8, 4) is 11.8 Å². The van der Waals surface area contributed by atoms with Gasteiger partial charge in [-0.05, 0) is 67.3 Å². The molecule has 5 heteroatoms. The van der Waals surface area contributed by atoms with E-state index in [1.165, 1.54) is 24.9 Å². The number of carbonyl (C=O) groups excluding carboxylic acids is 1. The first-order valence-corrected chi connectivity index (χ1v) is 9.12. The van der Waals surface area contributed by atoms with Gasteiger partial charge in [-0.2, -0.15) is 5.26 Å². The van der Waals surface area contributed by atoms with Crippen molar-refractivity contribution >= 4 is 23.4 Å². The molecule has 138 valence electrons. The van der Waals surface area contributed by atoms with Gasteiger partial charge in [0.15, 0.2) is 0 Å². The topological polar surface area (TPSA) is 65.4 Å². The SMILES string of the molecule is COc1ccc(C=C(C#N)C(=O)Nc2ccc(N3CCCCC3)cc2)cc1. The highest BCUT2D eigenvalue weighted by Gasteiger charge is 2.12. The molecule has 3 rings (SSSR count). The molecule has 0 spiro atoms. The number of benzene rings is 2. The molecule has 2 aromatic carbocycles. The molecule has 2 aromatic rings. The van der Waals surface area contributed by atoms with Crippen LogP contribution >= 0.6 is 0 Å². The van der Waals surface area contributed by atoms with Crippen LogP contribution in [-0.2, 0) is 4.79 Å². The highest BCUT2D eigenvalue weighted by Crippen LogP contribution is 2.22. The van der Waals surface area contributed by atoms with Crippen LogP contribution in [-0.4, -0.2) is 26.1 Å². The number of carbonyl (C=O) groups is 1. The number of piperidine rings is 1. The molecule has 1 aliphatic rings. The fourth-order valence-corrected chi connectivity index (χ4v) is 3.12. The summed E-state index contributed by atoms with van der Waals surface area (Å²) in [6, 6.07) is 16.9. The number of methoxy groups -OCH3 is 1. The van der Waals surface area contributed by atoms with Crippen molar-refractivity contribution in [3.63, 3.8) is 0 Å². The molecule has 0 bridgehead atoms. The molecule has 5 nitrogen and oxygen atoms in total. The maximum absolute atomic E-state index is 12.4. The lowest BCUT2D eigenvalue weighted by atomic mass is 10.1. The number of ether oxygens (including phenoxy) is 1. The van der Waals surface area contributed by atoms with Gasteiger partial charge in [0.05, 0.1) is 7.11 Å². The lowest BCUT2D eigenvalue weighted by Gasteiger charge is -2.28. The van der Waals surface area contributed by atoms with Crippen LogP contribution in [0.25, 0.3) is 6.08 Å². The van der Waals surface area contributed by atoms with E-state index in [-0.39, 0.29) is 5.57 Å². The lowest BCUT2D eigenvalue weighted by Crippen LogP contribution is -2.29. The zero-order valence-corrected chi connectivity index (χ0v) is 15.4. The first-order valence-electron chi connectivity index (χ1n) is 9.12. The van der Waals surface area contributed by atoms with Crippen molar-refractivity contribution in [2.24, 2.45) is 0 Å². The van der Waals surface area contributed by atoms with Gasteiger partial charge in [0.25, 0.3) is 5.91 Å². The van der Waals surface area contributed by atoms with Crippen LogP contribution in [0.2, 0.25) is 0 Å². The van der Waals surface area contributed by atoms with E-state index in [4.69, 9.17) is 4.74 Å². The highest BCUT2D eigenvalue weighted by molar-refractivity contribution is 6.09. The Balaban J connectivity index is 1.67. The molecule has 1 aliphatic heterocycles. The van der Waals surface area contributed by atoms with Gasteiger partial charge in [0.2, 0.25) is 0 Å². The smallest absolute Gasteiger partial charge is 0.266 e. The minimum Gasteiger partial charge on any atom is -0.497 e. The van der Waals surface area contributed by atoms with Crippen molar-refractivity contribution < 1.29 is 9.53 Å². The summed E-state index contributed by atoms with van der Waals surface area (Å²) in [5.74, 6) is 0.308. The summed E-state index contributed by atoms with van der Waals surface area (Å²) < 4.78 is 5.11. The van der Waals surface area contributed by atoms with Crippen LogP contribution in [0.5, 0.6) is 5.75 Å². The molecule has 1 saturated heterocycles. The normalized spacial score (nSPS) is 14.4. The van der Waals surface area contributed by atoms with E-state index in [1.54, 1.807) is 37.5 Å². The van der Waals surface area contributed by atoms with Crippen LogP contribution in [0, 0.1) is 11.3 Å². The minimum atomic E-state index is -0.418. The van der Waals surface area contributed by atoms with Gasteiger partial charge in [-0.15, -0.1) is 0 Å². The van der Waals surface area contributed by atoms with E-state index in [0.717, 1.165) is 24.4 Å². The van der Waals surface area contributed by atoms with E-state index < -0.39 is 5.91 Å². The van der Waals surface area contributed by atoms with Crippen LogP contribution < -0.4 is 15.0 Å². The fraction of sp³-hybridized carbons (Fsp3) is 0.273. The van der Waals surface area contributed by atoms with Gasteiger partial charge < -0.3 is 15.0 Å². The summed E-state index contributed by atoms with van der Waals surface area (Å²) in [7, 11) is 1.59. The molecule has 0 saturated carbocycles. The third kappa shape index (κ3) is 4.89. The Morgan fingerprint density at radius 2 is 1.74 bits per heavy atom. The molecular formula is C22H23N3O2.